The van der Waals surface area contributed by atoms with E-state index in [0.29, 0.717) is 35.4 Å². The Labute approximate surface area is 185 Å². The highest BCUT2D eigenvalue weighted by molar-refractivity contribution is 7.86. The van der Waals surface area contributed by atoms with Gasteiger partial charge < -0.3 is 19.5 Å². The topological polar surface area (TPSA) is 76.7 Å². The van der Waals surface area contributed by atoms with Crippen LogP contribution in [0.3, 0.4) is 0 Å². The number of hydrogen-bond acceptors (Lipinski definition) is 5. The van der Waals surface area contributed by atoms with E-state index in [1.165, 1.54) is 7.11 Å². The number of ether oxygens (including phenoxy) is 2. The molecule has 1 saturated carbocycles. The molecule has 2 aliphatic heterocycles. The van der Waals surface area contributed by atoms with Crippen molar-refractivity contribution in [3.8, 4) is 5.75 Å². The molecule has 2 aromatic rings. The number of nitrogens with one attached hydrogen (secondary N) is 2. The zero-order valence-corrected chi connectivity index (χ0v) is 18.7. The lowest BCUT2D eigenvalue weighted by atomic mass is 9.95. The predicted molar refractivity (Wildman–Crippen MR) is 120 cm³/mol. The fourth-order valence-corrected chi connectivity index (χ4v) is 5.99. The maximum atomic E-state index is 13.4. The van der Waals surface area contributed by atoms with E-state index < -0.39 is 17.0 Å². The molecule has 7 heteroatoms. The van der Waals surface area contributed by atoms with Gasteiger partial charge in [-0.25, -0.2) is 9.00 Å². The monoisotopic (exact) mass is 440 g/mol. The third-order valence-electron chi connectivity index (χ3n) is 6.90. The summed E-state index contributed by atoms with van der Waals surface area (Å²) in [5.41, 5.74) is 3.08. The lowest BCUT2D eigenvalue weighted by Crippen LogP contribution is -2.21. The predicted octanol–water partition coefficient (Wildman–Crippen LogP) is 3.65. The second kappa shape index (κ2) is 7.95. The van der Waals surface area contributed by atoms with Crippen molar-refractivity contribution < 1.29 is 18.5 Å². The maximum absolute atomic E-state index is 13.4. The maximum Gasteiger partial charge on any atom is 0.343 e. The van der Waals surface area contributed by atoms with Crippen molar-refractivity contribution in [2.45, 2.75) is 37.0 Å². The number of rotatable bonds is 6. The van der Waals surface area contributed by atoms with E-state index in [4.69, 9.17) is 9.47 Å². The summed E-state index contributed by atoms with van der Waals surface area (Å²) in [5, 5.41) is 3.39. The van der Waals surface area contributed by atoms with Crippen LogP contribution >= 0.6 is 0 Å². The van der Waals surface area contributed by atoms with Crippen LogP contribution in [0, 0.1) is 11.3 Å². The van der Waals surface area contributed by atoms with E-state index in [0.717, 1.165) is 48.4 Å². The molecule has 4 atom stereocenters. The largest absolute Gasteiger partial charge is 0.492 e. The third-order valence-corrected chi connectivity index (χ3v) is 8.10. The molecule has 31 heavy (non-hydrogen) atoms. The van der Waals surface area contributed by atoms with E-state index in [1.54, 1.807) is 0 Å². The lowest BCUT2D eigenvalue weighted by molar-refractivity contribution is 0.0594. The molecule has 2 fully saturated rings. The standard InChI is InChI=1S/C24H28N2O4S/c1-24-12-18(24)17-7-8-19(21(23(27)29-2)22(17)30-14-24)26-31(28)20-6-4-3-5-16(20)11-15-9-10-25-13-15/h3-8,15,18,25-26H,9-14H2,1-2H3. The van der Waals surface area contributed by atoms with E-state index >= 15 is 0 Å². The molecule has 0 spiro atoms. The fourth-order valence-electron chi connectivity index (χ4n) is 4.92. The highest BCUT2D eigenvalue weighted by Crippen LogP contribution is 2.64. The zero-order chi connectivity index (χ0) is 21.6. The van der Waals surface area contributed by atoms with Crippen LogP contribution in [0.15, 0.2) is 41.3 Å². The van der Waals surface area contributed by atoms with Gasteiger partial charge in [0.1, 0.15) is 11.3 Å². The van der Waals surface area contributed by atoms with Crippen LogP contribution in [-0.4, -0.2) is 37.0 Å². The summed E-state index contributed by atoms with van der Waals surface area (Å²) < 4.78 is 27.5. The van der Waals surface area contributed by atoms with Crippen molar-refractivity contribution >= 4 is 22.6 Å². The Bertz CT molecular complexity index is 1050. The minimum atomic E-state index is -1.52. The minimum Gasteiger partial charge on any atom is -0.492 e. The lowest BCUT2D eigenvalue weighted by Gasteiger charge is -2.25. The van der Waals surface area contributed by atoms with Crippen LogP contribution in [0.4, 0.5) is 5.69 Å². The Kier molecular flexibility index (Phi) is 5.26. The first kappa shape index (κ1) is 20.5. The first-order chi connectivity index (χ1) is 15.0. The summed E-state index contributed by atoms with van der Waals surface area (Å²) in [7, 11) is -0.157. The number of carbonyl (C=O) groups excluding carboxylic acids is 1. The van der Waals surface area contributed by atoms with Gasteiger partial charge in [0.15, 0.2) is 11.0 Å². The number of anilines is 1. The molecule has 3 aliphatic rings. The first-order valence-corrected chi connectivity index (χ1v) is 12.0. The van der Waals surface area contributed by atoms with Crippen LogP contribution in [-0.2, 0) is 22.1 Å². The number of benzene rings is 2. The van der Waals surface area contributed by atoms with Gasteiger partial charge in [-0.1, -0.05) is 31.2 Å². The van der Waals surface area contributed by atoms with Gasteiger partial charge >= 0.3 is 5.97 Å². The van der Waals surface area contributed by atoms with Gasteiger partial charge in [-0.2, -0.15) is 0 Å². The SMILES string of the molecule is COC(=O)c1c(NS(=O)c2ccccc2CC2CCNC2)ccc2c1OCC1(C)CC21. The quantitative estimate of drug-likeness (QED) is 0.671. The third kappa shape index (κ3) is 3.74. The van der Waals surface area contributed by atoms with Gasteiger partial charge in [0.2, 0.25) is 0 Å². The highest BCUT2D eigenvalue weighted by atomic mass is 32.2. The summed E-state index contributed by atoms with van der Waals surface area (Å²) in [5.74, 6) is 1.04. The number of fused-ring (bicyclic) bond motifs is 3. The Morgan fingerprint density at radius 1 is 1.32 bits per heavy atom. The highest BCUT2D eigenvalue weighted by Gasteiger charge is 2.55. The molecule has 0 aromatic heterocycles. The van der Waals surface area contributed by atoms with Crippen molar-refractivity contribution in [3.63, 3.8) is 0 Å². The van der Waals surface area contributed by atoms with Crippen molar-refractivity contribution in [1.82, 2.24) is 5.32 Å². The summed E-state index contributed by atoms with van der Waals surface area (Å²) in [6.07, 6.45) is 3.07. The number of hydrogen-bond donors (Lipinski definition) is 2. The van der Waals surface area contributed by atoms with Gasteiger partial charge in [-0.05, 0) is 67.4 Å². The van der Waals surface area contributed by atoms with E-state index in [9.17, 15) is 9.00 Å². The molecule has 164 valence electrons. The van der Waals surface area contributed by atoms with Crippen molar-refractivity contribution in [3.05, 3.63) is 53.1 Å². The number of carbonyl (C=O) groups is 1. The summed E-state index contributed by atoms with van der Waals surface area (Å²) >= 11 is 0. The molecule has 2 heterocycles. The molecule has 6 nitrogen and oxygen atoms in total. The average Bonchev–Trinajstić information content (AvgIpc) is 3.21. The molecule has 1 aliphatic carbocycles. The Morgan fingerprint density at radius 3 is 2.94 bits per heavy atom. The number of esters is 1. The van der Waals surface area contributed by atoms with Crippen LogP contribution in [0.2, 0.25) is 0 Å². The number of methoxy groups -OCH3 is 1. The molecule has 2 N–H and O–H groups in total. The molecule has 4 unspecified atom stereocenters. The smallest absolute Gasteiger partial charge is 0.343 e. The first-order valence-electron chi connectivity index (χ1n) is 10.9. The summed E-state index contributed by atoms with van der Waals surface area (Å²) in [6, 6.07) is 11.6. The van der Waals surface area contributed by atoms with Crippen LogP contribution in [0.5, 0.6) is 5.75 Å². The molecule has 0 radical (unpaired) electrons. The molecular formula is C24H28N2O4S. The Morgan fingerprint density at radius 2 is 2.16 bits per heavy atom. The zero-order valence-electron chi connectivity index (χ0n) is 17.9. The minimum absolute atomic E-state index is 0.159. The molecule has 1 saturated heterocycles. The van der Waals surface area contributed by atoms with Crippen LogP contribution in [0.1, 0.15) is 47.2 Å². The average molecular weight is 441 g/mol. The van der Waals surface area contributed by atoms with Crippen molar-refractivity contribution in [1.29, 1.82) is 0 Å². The molecular weight excluding hydrogens is 412 g/mol. The summed E-state index contributed by atoms with van der Waals surface area (Å²) in [4.78, 5) is 13.4. The van der Waals surface area contributed by atoms with Gasteiger partial charge in [-0.15, -0.1) is 0 Å². The van der Waals surface area contributed by atoms with Crippen molar-refractivity contribution in [2.24, 2.45) is 11.3 Å². The van der Waals surface area contributed by atoms with Crippen LogP contribution in [0.25, 0.3) is 0 Å². The second-order valence-electron chi connectivity index (χ2n) is 9.14. The Balaban J connectivity index is 1.45. The fraction of sp³-hybridized carbons (Fsp3) is 0.458. The molecule has 2 aromatic carbocycles. The molecule has 0 amide bonds. The van der Waals surface area contributed by atoms with Gasteiger partial charge in [0, 0.05) is 5.41 Å². The normalized spacial score (nSPS) is 26.9. The van der Waals surface area contributed by atoms with E-state index in [2.05, 4.69) is 17.0 Å². The summed E-state index contributed by atoms with van der Waals surface area (Å²) in [6.45, 7) is 4.81. The van der Waals surface area contributed by atoms with Gasteiger partial charge in [0.25, 0.3) is 0 Å². The Hall–Kier alpha value is -2.38. The van der Waals surface area contributed by atoms with Gasteiger partial charge in [0.05, 0.1) is 24.3 Å². The van der Waals surface area contributed by atoms with E-state index in [1.807, 2.05) is 36.4 Å². The van der Waals surface area contributed by atoms with E-state index in [-0.39, 0.29) is 5.41 Å². The van der Waals surface area contributed by atoms with Crippen molar-refractivity contribution in [2.75, 3.05) is 31.5 Å². The second-order valence-corrected chi connectivity index (χ2v) is 10.3. The van der Waals surface area contributed by atoms with Crippen LogP contribution < -0.4 is 14.8 Å². The molecule has 0 bridgehead atoms. The molecule has 5 rings (SSSR count). The van der Waals surface area contributed by atoms with Gasteiger partial charge in [-0.3, -0.25) is 0 Å².